The molecule has 4 nitrogen and oxygen atoms in total. The van der Waals surface area contributed by atoms with Crippen LogP contribution in [0.5, 0.6) is 11.5 Å². The van der Waals surface area contributed by atoms with Crippen LogP contribution >= 0.6 is 0 Å². The monoisotopic (exact) mass is 367 g/mol. The van der Waals surface area contributed by atoms with E-state index >= 15 is 0 Å². The number of unbranched alkanes of at least 4 members (excludes halogenated alkanes) is 1. The number of methoxy groups -OCH3 is 1. The molecule has 0 aromatic heterocycles. The van der Waals surface area contributed by atoms with Crippen molar-refractivity contribution in [1.29, 1.82) is 0 Å². The Bertz CT molecular complexity index is 751. The van der Waals surface area contributed by atoms with Crippen LogP contribution in [0.4, 0.5) is 5.69 Å². The van der Waals surface area contributed by atoms with Crippen LogP contribution in [0, 0.1) is 0 Å². The van der Waals surface area contributed by atoms with Gasteiger partial charge in [0.15, 0.2) is 11.5 Å². The summed E-state index contributed by atoms with van der Waals surface area (Å²) in [5, 5.41) is 2.88. The van der Waals surface area contributed by atoms with Crippen molar-refractivity contribution in [2.75, 3.05) is 19.0 Å². The van der Waals surface area contributed by atoms with E-state index in [1.807, 2.05) is 30.3 Å². The lowest BCUT2D eigenvalue weighted by molar-refractivity contribution is -0.111. The van der Waals surface area contributed by atoms with Gasteiger partial charge in [-0.3, -0.25) is 4.79 Å². The van der Waals surface area contributed by atoms with Gasteiger partial charge in [0.2, 0.25) is 5.91 Å². The van der Waals surface area contributed by atoms with E-state index in [-0.39, 0.29) is 5.91 Å². The molecule has 1 N–H and O–H groups in total. The van der Waals surface area contributed by atoms with Gasteiger partial charge >= 0.3 is 0 Å². The summed E-state index contributed by atoms with van der Waals surface area (Å²) in [5.41, 5.74) is 2.97. The number of benzene rings is 2. The van der Waals surface area contributed by atoms with E-state index in [1.165, 1.54) is 24.5 Å². The first-order valence-electron chi connectivity index (χ1n) is 9.55. The van der Waals surface area contributed by atoms with Gasteiger partial charge in [0.1, 0.15) is 0 Å². The molecule has 0 radical (unpaired) electrons. The average Bonchev–Trinajstić information content (AvgIpc) is 2.70. The van der Waals surface area contributed by atoms with Crippen molar-refractivity contribution in [3.8, 4) is 11.5 Å². The van der Waals surface area contributed by atoms with Crippen LogP contribution in [-0.2, 0) is 11.2 Å². The number of carbonyl (C=O) groups is 1. The van der Waals surface area contributed by atoms with Gasteiger partial charge in [-0.05, 0) is 60.7 Å². The van der Waals surface area contributed by atoms with Crippen LogP contribution in [0.1, 0.15) is 44.2 Å². The summed E-state index contributed by atoms with van der Waals surface area (Å²) in [6, 6.07) is 13.6. The van der Waals surface area contributed by atoms with Crippen LogP contribution in [0.25, 0.3) is 6.08 Å². The molecule has 144 valence electrons. The molecule has 0 atom stereocenters. The standard InChI is InChI=1S/C23H29NO3/c1-4-6-7-18-8-12-20(13-9-18)24-23(25)15-11-19-10-14-21(27-16-5-2)22(17-19)26-3/h8-15,17H,4-7,16H2,1-3H3,(H,24,25)/b15-11+. The van der Waals surface area contributed by atoms with Crippen molar-refractivity contribution >= 4 is 17.7 Å². The fourth-order valence-corrected chi connectivity index (χ4v) is 2.61. The molecule has 0 aliphatic heterocycles. The third kappa shape index (κ3) is 6.81. The minimum absolute atomic E-state index is 0.165. The first-order chi connectivity index (χ1) is 13.2. The molecular formula is C23H29NO3. The average molecular weight is 367 g/mol. The predicted molar refractivity (Wildman–Crippen MR) is 111 cm³/mol. The molecule has 2 rings (SSSR count). The minimum Gasteiger partial charge on any atom is -0.493 e. The molecule has 0 heterocycles. The van der Waals surface area contributed by atoms with Crippen molar-refractivity contribution in [2.24, 2.45) is 0 Å². The summed E-state index contributed by atoms with van der Waals surface area (Å²) in [4.78, 5) is 12.2. The topological polar surface area (TPSA) is 47.6 Å². The third-order valence-corrected chi connectivity index (χ3v) is 4.12. The van der Waals surface area contributed by atoms with Gasteiger partial charge in [-0.2, -0.15) is 0 Å². The Morgan fingerprint density at radius 3 is 2.48 bits per heavy atom. The maximum atomic E-state index is 12.2. The Hall–Kier alpha value is -2.75. The molecule has 0 fully saturated rings. The molecule has 0 aliphatic rings. The van der Waals surface area contributed by atoms with E-state index in [0.29, 0.717) is 18.1 Å². The van der Waals surface area contributed by atoms with Gasteiger partial charge in [0.05, 0.1) is 13.7 Å². The molecule has 0 bridgehead atoms. The highest BCUT2D eigenvalue weighted by atomic mass is 16.5. The normalized spacial score (nSPS) is 10.8. The quantitative estimate of drug-likeness (QED) is 0.566. The second-order valence-electron chi connectivity index (χ2n) is 6.38. The van der Waals surface area contributed by atoms with Gasteiger partial charge in [0, 0.05) is 11.8 Å². The van der Waals surface area contributed by atoms with Crippen molar-refractivity contribution in [1.82, 2.24) is 0 Å². The summed E-state index contributed by atoms with van der Waals surface area (Å²) in [6.07, 6.45) is 7.65. The molecule has 4 heteroatoms. The Morgan fingerprint density at radius 1 is 1.04 bits per heavy atom. The highest BCUT2D eigenvalue weighted by Gasteiger charge is 2.05. The SMILES string of the molecule is CCCCc1ccc(NC(=O)/C=C/c2ccc(OCCC)c(OC)c2)cc1. The van der Waals surface area contributed by atoms with Gasteiger partial charge < -0.3 is 14.8 Å². The number of rotatable bonds is 10. The van der Waals surface area contributed by atoms with Gasteiger partial charge in [0.25, 0.3) is 0 Å². The number of ether oxygens (including phenoxy) is 2. The number of hydrogen-bond donors (Lipinski definition) is 1. The lowest BCUT2D eigenvalue weighted by atomic mass is 10.1. The predicted octanol–water partition coefficient (Wildman–Crippen LogP) is 5.48. The molecule has 0 saturated heterocycles. The first kappa shape index (κ1) is 20.6. The van der Waals surface area contributed by atoms with Crippen LogP contribution < -0.4 is 14.8 Å². The summed E-state index contributed by atoms with van der Waals surface area (Å²) in [7, 11) is 1.61. The summed E-state index contributed by atoms with van der Waals surface area (Å²) >= 11 is 0. The molecule has 2 aromatic rings. The van der Waals surface area contributed by atoms with E-state index in [9.17, 15) is 4.79 Å². The largest absolute Gasteiger partial charge is 0.493 e. The van der Waals surface area contributed by atoms with Crippen molar-refractivity contribution in [3.05, 3.63) is 59.7 Å². The fraction of sp³-hybridized carbons (Fsp3) is 0.348. The Balaban J connectivity index is 1.95. The molecule has 1 amide bonds. The van der Waals surface area contributed by atoms with Crippen LogP contribution in [-0.4, -0.2) is 19.6 Å². The number of amides is 1. The molecule has 2 aromatic carbocycles. The Kier molecular flexibility index (Phi) is 8.43. The smallest absolute Gasteiger partial charge is 0.248 e. The summed E-state index contributed by atoms with van der Waals surface area (Å²) < 4.78 is 11.0. The number of hydrogen-bond acceptors (Lipinski definition) is 3. The Labute approximate surface area is 162 Å². The molecule has 0 aliphatic carbocycles. The van der Waals surface area contributed by atoms with Gasteiger partial charge in [-0.1, -0.05) is 38.5 Å². The Morgan fingerprint density at radius 2 is 1.81 bits per heavy atom. The first-order valence-corrected chi connectivity index (χ1v) is 9.55. The molecular weight excluding hydrogens is 338 g/mol. The summed E-state index contributed by atoms with van der Waals surface area (Å²) in [6.45, 7) is 4.88. The molecule has 0 unspecified atom stereocenters. The lowest BCUT2D eigenvalue weighted by Gasteiger charge is -2.10. The second-order valence-corrected chi connectivity index (χ2v) is 6.38. The third-order valence-electron chi connectivity index (χ3n) is 4.12. The lowest BCUT2D eigenvalue weighted by Crippen LogP contribution is -2.07. The maximum absolute atomic E-state index is 12.2. The van der Waals surface area contributed by atoms with Crippen LogP contribution in [0.2, 0.25) is 0 Å². The minimum atomic E-state index is -0.165. The number of nitrogens with one attached hydrogen (secondary N) is 1. The molecule has 0 saturated carbocycles. The van der Waals surface area contributed by atoms with Gasteiger partial charge in [-0.15, -0.1) is 0 Å². The molecule has 0 spiro atoms. The second kappa shape index (κ2) is 11.1. The fourth-order valence-electron chi connectivity index (χ4n) is 2.61. The van der Waals surface area contributed by atoms with E-state index in [0.717, 1.165) is 24.1 Å². The molecule has 27 heavy (non-hydrogen) atoms. The zero-order valence-corrected chi connectivity index (χ0v) is 16.5. The van der Waals surface area contributed by atoms with E-state index in [1.54, 1.807) is 13.2 Å². The van der Waals surface area contributed by atoms with Crippen LogP contribution in [0.15, 0.2) is 48.5 Å². The van der Waals surface area contributed by atoms with E-state index in [2.05, 4.69) is 31.3 Å². The zero-order valence-electron chi connectivity index (χ0n) is 16.5. The van der Waals surface area contributed by atoms with Crippen LogP contribution in [0.3, 0.4) is 0 Å². The van der Waals surface area contributed by atoms with Crippen molar-refractivity contribution in [3.63, 3.8) is 0 Å². The van der Waals surface area contributed by atoms with Gasteiger partial charge in [-0.25, -0.2) is 0 Å². The van der Waals surface area contributed by atoms with E-state index < -0.39 is 0 Å². The maximum Gasteiger partial charge on any atom is 0.248 e. The highest BCUT2D eigenvalue weighted by Crippen LogP contribution is 2.28. The van der Waals surface area contributed by atoms with Crippen molar-refractivity contribution < 1.29 is 14.3 Å². The highest BCUT2D eigenvalue weighted by molar-refractivity contribution is 6.01. The number of aryl methyl sites for hydroxylation is 1. The summed E-state index contributed by atoms with van der Waals surface area (Å²) in [5.74, 6) is 1.21. The number of carbonyl (C=O) groups excluding carboxylic acids is 1. The number of anilines is 1. The zero-order chi connectivity index (χ0) is 19.5. The van der Waals surface area contributed by atoms with E-state index in [4.69, 9.17) is 9.47 Å². The van der Waals surface area contributed by atoms with Crippen molar-refractivity contribution in [2.45, 2.75) is 39.5 Å².